The molecule has 1 saturated heterocycles. The van der Waals surface area contributed by atoms with E-state index in [0.29, 0.717) is 23.1 Å². The second kappa shape index (κ2) is 9.46. The molecule has 166 valence electrons. The maximum absolute atomic E-state index is 6.14. The van der Waals surface area contributed by atoms with E-state index >= 15 is 0 Å². The second-order valence-corrected chi connectivity index (χ2v) is 8.71. The Morgan fingerprint density at radius 3 is 2.84 bits per heavy atom. The summed E-state index contributed by atoms with van der Waals surface area (Å²) in [6.07, 6.45) is 1.78. The van der Waals surface area contributed by atoms with Gasteiger partial charge in [0.25, 0.3) is 0 Å². The maximum Gasteiger partial charge on any atom is 0.195 e. The quantitative estimate of drug-likeness (QED) is 0.395. The molecule has 0 radical (unpaired) electrons. The van der Waals surface area contributed by atoms with Crippen molar-refractivity contribution < 1.29 is 14.2 Å². The minimum Gasteiger partial charge on any atom is -0.493 e. The number of rotatable bonds is 7. The molecule has 2 aromatic carbocycles. The van der Waals surface area contributed by atoms with E-state index in [1.54, 1.807) is 24.8 Å². The third kappa shape index (κ3) is 4.45. The summed E-state index contributed by atoms with van der Waals surface area (Å²) < 4.78 is 19.0. The first-order chi connectivity index (χ1) is 15.7. The van der Waals surface area contributed by atoms with Gasteiger partial charge in [0.2, 0.25) is 0 Å². The van der Waals surface area contributed by atoms with Crippen LogP contribution in [0.25, 0.3) is 27.4 Å². The molecular formula is C23H23ClN4O3S. The molecule has 0 aliphatic carbocycles. The topological polar surface area (TPSA) is 61.6 Å². The Bertz CT molecular complexity index is 1220. The largest absolute Gasteiger partial charge is 0.493 e. The fourth-order valence-electron chi connectivity index (χ4n) is 3.71. The maximum atomic E-state index is 6.14. The molecule has 5 rings (SSSR count). The van der Waals surface area contributed by atoms with Gasteiger partial charge in [-0.3, -0.25) is 9.47 Å². The average Bonchev–Trinajstić information content (AvgIpc) is 3.46. The van der Waals surface area contributed by atoms with E-state index in [1.807, 2.05) is 46.3 Å². The number of imidazole rings is 1. The summed E-state index contributed by atoms with van der Waals surface area (Å²) in [6.45, 7) is 4.85. The Balaban J connectivity index is 1.40. The molecular weight excluding hydrogens is 448 g/mol. The zero-order valence-electron chi connectivity index (χ0n) is 17.7. The number of methoxy groups -OCH3 is 1. The van der Waals surface area contributed by atoms with Gasteiger partial charge in [0.05, 0.1) is 37.1 Å². The van der Waals surface area contributed by atoms with E-state index in [2.05, 4.69) is 9.88 Å². The first-order valence-corrected chi connectivity index (χ1v) is 11.7. The number of fused-ring (bicyclic) bond motifs is 1. The molecule has 0 saturated carbocycles. The van der Waals surface area contributed by atoms with Gasteiger partial charge in [0.1, 0.15) is 12.9 Å². The number of morpholine rings is 1. The minimum absolute atomic E-state index is 0.576. The van der Waals surface area contributed by atoms with Crippen LogP contribution in [-0.2, 0) is 4.74 Å². The Morgan fingerprint density at radius 2 is 2.03 bits per heavy atom. The molecule has 0 amide bonds. The lowest BCUT2D eigenvalue weighted by molar-refractivity contribution is 0.0321. The monoisotopic (exact) mass is 470 g/mol. The molecule has 32 heavy (non-hydrogen) atoms. The van der Waals surface area contributed by atoms with Crippen molar-refractivity contribution in [3.63, 3.8) is 0 Å². The minimum atomic E-state index is 0.576. The standard InChI is InChI=1S/C23H23ClN4O3S/c1-29-21-12-18-20(13-22(21)31-10-7-27-5-8-30-9-6-27)28(15-25-18)23-26-19(14-32-23)16-3-2-4-17(24)11-16/h2-4,11-15H,5-10H2,1H3. The number of nitrogens with zero attached hydrogens (tertiary/aromatic N) is 4. The lowest BCUT2D eigenvalue weighted by Crippen LogP contribution is -2.38. The highest BCUT2D eigenvalue weighted by molar-refractivity contribution is 7.12. The average molecular weight is 471 g/mol. The van der Waals surface area contributed by atoms with E-state index in [0.717, 1.165) is 60.3 Å². The summed E-state index contributed by atoms with van der Waals surface area (Å²) in [4.78, 5) is 11.7. The van der Waals surface area contributed by atoms with Crippen LogP contribution in [0.4, 0.5) is 0 Å². The molecule has 0 spiro atoms. The lowest BCUT2D eigenvalue weighted by Gasteiger charge is -2.26. The van der Waals surface area contributed by atoms with Crippen LogP contribution in [0.5, 0.6) is 11.5 Å². The van der Waals surface area contributed by atoms with Crippen LogP contribution < -0.4 is 9.47 Å². The van der Waals surface area contributed by atoms with Crippen molar-refractivity contribution in [2.75, 3.05) is 46.6 Å². The molecule has 2 aromatic heterocycles. The van der Waals surface area contributed by atoms with Gasteiger partial charge in [-0.25, -0.2) is 9.97 Å². The van der Waals surface area contributed by atoms with Crippen LogP contribution >= 0.6 is 22.9 Å². The summed E-state index contributed by atoms with van der Waals surface area (Å²) in [5, 5.41) is 3.54. The predicted octanol–water partition coefficient (Wildman–Crippen LogP) is 4.52. The van der Waals surface area contributed by atoms with Gasteiger partial charge in [-0.1, -0.05) is 23.7 Å². The summed E-state index contributed by atoms with van der Waals surface area (Å²) in [5.41, 5.74) is 3.60. The third-order valence-electron chi connectivity index (χ3n) is 5.42. The number of halogens is 1. The number of aromatic nitrogens is 3. The van der Waals surface area contributed by atoms with Crippen molar-refractivity contribution >= 4 is 34.0 Å². The molecule has 7 nitrogen and oxygen atoms in total. The van der Waals surface area contributed by atoms with Crippen molar-refractivity contribution in [2.24, 2.45) is 0 Å². The van der Waals surface area contributed by atoms with Crippen molar-refractivity contribution in [2.45, 2.75) is 0 Å². The smallest absolute Gasteiger partial charge is 0.195 e. The Labute approximate surface area is 195 Å². The summed E-state index contributed by atoms with van der Waals surface area (Å²) in [5.74, 6) is 1.37. The van der Waals surface area contributed by atoms with Crippen molar-refractivity contribution in [3.05, 3.63) is 53.1 Å². The van der Waals surface area contributed by atoms with Crippen LogP contribution in [0.1, 0.15) is 0 Å². The highest BCUT2D eigenvalue weighted by Crippen LogP contribution is 2.34. The molecule has 1 aliphatic rings. The summed E-state index contributed by atoms with van der Waals surface area (Å²) in [6, 6.07) is 11.6. The SMILES string of the molecule is COc1cc2ncn(-c3nc(-c4cccc(Cl)c4)cs3)c2cc1OCCN1CCOCC1. The van der Waals surface area contributed by atoms with Crippen LogP contribution in [0.3, 0.4) is 0 Å². The Morgan fingerprint density at radius 1 is 1.16 bits per heavy atom. The van der Waals surface area contributed by atoms with Gasteiger partial charge in [-0.2, -0.15) is 0 Å². The number of hydrogen-bond acceptors (Lipinski definition) is 7. The van der Waals surface area contributed by atoms with Crippen LogP contribution in [0.2, 0.25) is 5.02 Å². The molecule has 1 aliphatic heterocycles. The van der Waals surface area contributed by atoms with E-state index in [1.165, 1.54) is 0 Å². The lowest BCUT2D eigenvalue weighted by atomic mass is 10.2. The van der Waals surface area contributed by atoms with Gasteiger partial charge in [-0.05, 0) is 12.1 Å². The van der Waals surface area contributed by atoms with E-state index in [9.17, 15) is 0 Å². The Hall–Kier alpha value is -2.65. The van der Waals surface area contributed by atoms with Gasteiger partial charge in [-0.15, -0.1) is 11.3 Å². The van der Waals surface area contributed by atoms with Crippen LogP contribution in [0.15, 0.2) is 48.1 Å². The van der Waals surface area contributed by atoms with Gasteiger partial charge >= 0.3 is 0 Å². The number of ether oxygens (including phenoxy) is 3. The zero-order chi connectivity index (χ0) is 21.9. The fourth-order valence-corrected chi connectivity index (χ4v) is 4.71. The first kappa shape index (κ1) is 21.2. The predicted molar refractivity (Wildman–Crippen MR) is 126 cm³/mol. The number of hydrogen-bond donors (Lipinski definition) is 0. The van der Waals surface area contributed by atoms with E-state index < -0.39 is 0 Å². The molecule has 4 aromatic rings. The molecule has 9 heteroatoms. The molecule has 3 heterocycles. The number of benzene rings is 2. The van der Waals surface area contributed by atoms with E-state index in [-0.39, 0.29) is 0 Å². The van der Waals surface area contributed by atoms with Crippen molar-refractivity contribution in [1.29, 1.82) is 0 Å². The highest BCUT2D eigenvalue weighted by atomic mass is 35.5. The fraction of sp³-hybridized carbons (Fsp3) is 0.304. The molecule has 0 N–H and O–H groups in total. The zero-order valence-corrected chi connectivity index (χ0v) is 19.2. The molecule has 1 fully saturated rings. The normalized spacial score (nSPS) is 14.7. The molecule has 0 unspecified atom stereocenters. The van der Waals surface area contributed by atoms with Gasteiger partial charge in [0.15, 0.2) is 16.6 Å². The Kier molecular flexibility index (Phi) is 6.27. The number of thiazole rings is 1. The molecule has 0 atom stereocenters. The van der Waals surface area contributed by atoms with Crippen molar-refractivity contribution in [1.82, 2.24) is 19.4 Å². The third-order valence-corrected chi connectivity index (χ3v) is 6.49. The summed E-state index contributed by atoms with van der Waals surface area (Å²) in [7, 11) is 1.64. The van der Waals surface area contributed by atoms with Crippen molar-refractivity contribution in [3.8, 4) is 27.9 Å². The summed E-state index contributed by atoms with van der Waals surface area (Å²) >= 11 is 7.70. The van der Waals surface area contributed by atoms with Crippen LogP contribution in [-0.4, -0.2) is 66.0 Å². The van der Waals surface area contributed by atoms with E-state index in [4.69, 9.17) is 30.8 Å². The second-order valence-electron chi connectivity index (χ2n) is 7.43. The van der Waals surface area contributed by atoms with Crippen LogP contribution in [0, 0.1) is 0 Å². The molecule has 0 bridgehead atoms. The first-order valence-electron chi connectivity index (χ1n) is 10.4. The van der Waals surface area contributed by atoms with Gasteiger partial charge in [0, 0.05) is 47.7 Å². The highest BCUT2D eigenvalue weighted by Gasteiger charge is 2.16. The van der Waals surface area contributed by atoms with Gasteiger partial charge < -0.3 is 14.2 Å².